The Bertz CT molecular complexity index is 464. The lowest BCUT2D eigenvalue weighted by Gasteiger charge is -2.41. The van der Waals surface area contributed by atoms with Crippen LogP contribution < -0.4 is 0 Å². The predicted octanol–water partition coefficient (Wildman–Crippen LogP) is 1.90. The second-order valence-corrected chi connectivity index (χ2v) is 5.72. The number of rotatable bonds is 5. The second-order valence-electron chi connectivity index (χ2n) is 5.72. The molecule has 20 heavy (non-hydrogen) atoms. The van der Waals surface area contributed by atoms with E-state index in [1.165, 1.54) is 5.56 Å². The molecule has 0 atom stereocenters. The lowest BCUT2D eigenvalue weighted by molar-refractivity contribution is -0.128. The van der Waals surface area contributed by atoms with Crippen molar-refractivity contribution in [2.24, 2.45) is 0 Å². The number of likely N-dealkylation sites (N-methyl/N-ethyl adjacent to an activating group) is 2. The van der Waals surface area contributed by atoms with Crippen LogP contribution in [0.3, 0.4) is 0 Å². The van der Waals surface area contributed by atoms with Gasteiger partial charge >= 0.3 is 0 Å². The third-order valence-electron chi connectivity index (χ3n) is 3.90. The van der Waals surface area contributed by atoms with Gasteiger partial charge in [0.1, 0.15) is 0 Å². The van der Waals surface area contributed by atoms with Crippen molar-refractivity contribution in [3.8, 4) is 0 Å². The van der Waals surface area contributed by atoms with E-state index in [1.807, 2.05) is 49.3 Å². The van der Waals surface area contributed by atoms with Crippen LogP contribution in [-0.2, 0) is 4.79 Å². The van der Waals surface area contributed by atoms with Gasteiger partial charge < -0.3 is 9.80 Å². The molecule has 1 amide bonds. The molecule has 1 aromatic heterocycles. The first kappa shape index (κ1) is 14.7. The highest BCUT2D eigenvalue weighted by molar-refractivity contribution is 5.87. The first-order chi connectivity index (χ1) is 9.58. The summed E-state index contributed by atoms with van der Waals surface area (Å²) in [4.78, 5) is 20.1. The zero-order valence-corrected chi connectivity index (χ0v) is 12.5. The van der Waals surface area contributed by atoms with Crippen LogP contribution in [-0.4, -0.2) is 54.4 Å². The summed E-state index contributed by atoms with van der Waals surface area (Å²) in [5, 5.41) is 0. The van der Waals surface area contributed by atoms with Crippen molar-refractivity contribution in [2.45, 2.75) is 24.8 Å². The molecule has 0 saturated heterocycles. The Balaban J connectivity index is 1.80. The Morgan fingerprint density at radius 3 is 2.75 bits per heavy atom. The van der Waals surface area contributed by atoms with E-state index in [4.69, 9.17) is 0 Å². The van der Waals surface area contributed by atoms with Gasteiger partial charge in [-0.3, -0.25) is 9.78 Å². The molecule has 0 spiro atoms. The lowest BCUT2D eigenvalue weighted by atomic mass is 9.75. The van der Waals surface area contributed by atoms with E-state index in [1.54, 1.807) is 12.3 Å². The molecule has 0 unspecified atom stereocenters. The minimum absolute atomic E-state index is 0.0986. The molecular formula is C16H23N3O. The summed E-state index contributed by atoms with van der Waals surface area (Å²) in [5.41, 5.74) is 1.28. The minimum Gasteiger partial charge on any atom is -0.339 e. The molecule has 0 aromatic carbocycles. The molecule has 1 aliphatic carbocycles. The first-order valence-electron chi connectivity index (χ1n) is 7.06. The van der Waals surface area contributed by atoms with Crippen molar-refractivity contribution in [3.05, 3.63) is 42.2 Å². The molecule has 1 aromatic rings. The third-order valence-corrected chi connectivity index (χ3v) is 3.90. The Kier molecular flexibility index (Phi) is 4.90. The van der Waals surface area contributed by atoms with E-state index in [2.05, 4.69) is 11.1 Å². The van der Waals surface area contributed by atoms with Crippen molar-refractivity contribution >= 4 is 5.91 Å². The maximum absolute atomic E-state index is 12.0. The zero-order valence-electron chi connectivity index (χ0n) is 12.5. The fourth-order valence-electron chi connectivity index (χ4n) is 2.46. The summed E-state index contributed by atoms with van der Waals surface area (Å²) in [6.45, 7) is 0.794. The van der Waals surface area contributed by atoms with Crippen LogP contribution in [0, 0.1) is 0 Å². The molecular weight excluding hydrogens is 250 g/mol. The van der Waals surface area contributed by atoms with Gasteiger partial charge in [-0.1, -0.05) is 12.1 Å². The highest BCUT2D eigenvalue weighted by Gasteiger charge is 2.34. The Hall–Kier alpha value is -1.68. The average molecular weight is 273 g/mol. The predicted molar refractivity (Wildman–Crippen MR) is 80.5 cm³/mol. The van der Waals surface area contributed by atoms with Crippen LogP contribution in [0.2, 0.25) is 0 Å². The van der Waals surface area contributed by atoms with Crippen molar-refractivity contribution in [1.82, 2.24) is 14.8 Å². The number of hydrogen-bond donors (Lipinski definition) is 0. The summed E-state index contributed by atoms with van der Waals surface area (Å²) >= 11 is 0. The third kappa shape index (κ3) is 3.67. The molecule has 108 valence electrons. The van der Waals surface area contributed by atoms with Gasteiger partial charge in [-0.15, -0.1) is 0 Å². The van der Waals surface area contributed by atoms with E-state index < -0.39 is 0 Å². The molecule has 0 aliphatic heterocycles. The maximum atomic E-state index is 12.0. The zero-order chi connectivity index (χ0) is 14.5. The van der Waals surface area contributed by atoms with Gasteiger partial charge in [-0.2, -0.15) is 0 Å². The smallest absolute Gasteiger partial charge is 0.246 e. The molecule has 4 heteroatoms. The topological polar surface area (TPSA) is 36.4 Å². The first-order valence-corrected chi connectivity index (χ1v) is 7.06. The molecule has 1 saturated carbocycles. The number of aromatic nitrogens is 1. The van der Waals surface area contributed by atoms with Gasteiger partial charge in [0.05, 0.1) is 0 Å². The fourth-order valence-corrected chi connectivity index (χ4v) is 2.46. The molecule has 0 bridgehead atoms. The molecule has 2 rings (SSSR count). The molecule has 1 aliphatic rings. The van der Waals surface area contributed by atoms with Crippen molar-refractivity contribution in [1.29, 1.82) is 0 Å². The largest absolute Gasteiger partial charge is 0.339 e. The van der Waals surface area contributed by atoms with Gasteiger partial charge in [0, 0.05) is 38.1 Å². The summed E-state index contributed by atoms with van der Waals surface area (Å²) in [6.07, 6.45) is 9.39. The summed E-state index contributed by atoms with van der Waals surface area (Å²) in [7, 11) is 5.87. The molecule has 1 fully saturated rings. The number of carbonyl (C=O) groups is 1. The molecule has 0 N–H and O–H groups in total. The highest BCUT2D eigenvalue weighted by Crippen LogP contribution is 2.38. The average Bonchev–Trinajstić information content (AvgIpc) is 2.37. The SMILES string of the molecule is CN(C)C/C=C/C(=O)N(C)C1CC(c2cccnc2)C1. The summed E-state index contributed by atoms with van der Waals surface area (Å²) < 4.78 is 0. The summed E-state index contributed by atoms with van der Waals surface area (Å²) in [6, 6.07) is 4.45. The van der Waals surface area contributed by atoms with E-state index in [9.17, 15) is 4.79 Å². The second kappa shape index (κ2) is 6.66. The van der Waals surface area contributed by atoms with E-state index in [0.29, 0.717) is 12.0 Å². The Labute approximate surface area is 121 Å². The maximum Gasteiger partial charge on any atom is 0.246 e. The lowest BCUT2D eigenvalue weighted by Crippen LogP contribution is -2.44. The normalized spacial score (nSPS) is 22.0. The van der Waals surface area contributed by atoms with E-state index in [0.717, 1.165) is 19.4 Å². The van der Waals surface area contributed by atoms with Gasteiger partial charge in [0.15, 0.2) is 0 Å². The van der Waals surface area contributed by atoms with Crippen LogP contribution in [0.1, 0.15) is 24.3 Å². The molecule has 1 heterocycles. The van der Waals surface area contributed by atoms with Gasteiger partial charge in [-0.05, 0) is 44.5 Å². The van der Waals surface area contributed by atoms with Crippen molar-refractivity contribution < 1.29 is 4.79 Å². The van der Waals surface area contributed by atoms with E-state index in [-0.39, 0.29) is 5.91 Å². The number of amides is 1. The number of pyridine rings is 1. The van der Waals surface area contributed by atoms with Crippen LogP contribution in [0.5, 0.6) is 0 Å². The van der Waals surface area contributed by atoms with Crippen molar-refractivity contribution in [3.63, 3.8) is 0 Å². The molecule has 4 nitrogen and oxygen atoms in total. The van der Waals surface area contributed by atoms with Gasteiger partial charge in [0.2, 0.25) is 5.91 Å². The quantitative estimate of drug-likeness (QED) is 0.769. The summed E-state index contributed by atoms with van der Waals surface area (Å²) in [5.74, 6) is 0.649. The monoisotopic (exact) mass is 273 g/mol. The number of nitrogens with zero attached hydrogens (tertiary/aromatic N) is 3. The number of hydrogen-bond acceptors (Lipinski definition) is 3. The minimum atomic E-state index is 0.0986. The van der Waals surface area contributed by atoms with Crippen LogP contribution in [0.25, 0.3) is 0 Å². The van der Waals surface area contributed by atoms with Gasteiger partial charge in [0.25, 0.3) is 0 Å². The van der Waals surface area contributed by atoms with Crippen LogP contribution >= 0.6 is 0 Å². The molecule has 0 radical (unpaired) electrons. The fraction of sp³-hybridized carbons (Fsp3) is 0.500. The standard InChI is InChI=1S/C16H23N3O/c1-18(2)9-5-7-16(20)19(3)15-10-14(11-15)13-6-4-8-17-12-13/h4-8,12,14-15H,9-11H2,1-3H3/b7-5+. The number of carbonyl (C=O) groups excluding carboxylic acids is 1. The van der Waals surface area contributed by atoms with Crippen LogP contribution in [0.4, 0.5) is 0 Å². The van der Waals surface area contributed by atoms with Gasteiger partial charge in [-0.25, -0.2) is 0 Å². The Morgan fingerprint density at radius 2 is 2.15 bits per heavy atom. The Morgan fingerprint density at radius 1 is 1.40 bits per heavy atom. The van der Waals surface area contributed by atoms with Crippen molar-refractivity contribution in [2.75, 3.05) is 27.7 Å². The highest BCUT2D eigenvalue weighted by atomic mass is 16.2. The van der Waals surface area contributed by atoms with Crippen LogP contribution in [0.15, 0.2) is 36.7 Å². The van der Waals surface area contributed by atoms with E-state index >= 15 is 0 Å².